The molecule has 2 aromatic rings. The van der Waals surface area contributed by atoms with Gasteiger partial charge < -0.3 is 19.9 Å². The van der Waals surface area contributed by atoms with Gasteiger partial charge in [0.05, 0.1) is 13.0 Å². The van der Waals surface area contributed by atoms with Gasteiger partial charge in [-0.25, -0.2) is 0 Å². The highest BCUT2D eigenvalue weighted by Crippen LogP contribution is 2.22. The largest absolute Gasteiger partial charge is 0.497 e. The lowest BCUT2D eigenvalue weighted by Gasteiger charge is -2.26. The van der Waals surface area contributed by atoms with Gasteiger partial charge in [-0.1, -0.05) is 17.3 Å². The van der Waals surface area contributed by atoms with Crippen LogP contribution in [-0.4, -0.2) is 36.2 Å². The first kappa shape index (κ1) is 14.5. The molecule has 2 heterocycles. The Hall–Kier alpha value is -2.41. The summed E-state index contributed by atoms with van der Waals surface area (Å²) >= 11 is 0. The molecule has 0 saturated carbocycles. The minimum absolute atomic E-state index is 0.00683. The lowest BCUT2D eigenvalue weighted by Crippen LogP contribution is -2.51. The Labute approximate surface area is 128 Å². The number of carbonyl (C=O) groups is 1. The first-order chi connectivity index (χ1) is 10.7. The van der Waals surface area contributed by atoms with Crippen LogP contribution in [0.5, 0.6) is 5.75 Å². The van der Waals surface area contributed by atoms with Crippen LogP contribution in [-0.2, 0) is 4.79 Å². The third kappa shape index (κ3) is 2.94. The van der Waals surface area contributed by atoms with Gasteiger partial charge in [0.2, 0.25) is 17.6 Å². The van der Waals surface area contributed by atoms with Crippen LogP contribution in [0.25, 0.3) is 11.4 Å². The predicted molar refractivity (Wildman–Crippen MR) is 79.2 cm³/mol. The molecular weight excluding hydrogens is 284 g/mol. The van der Waals surface area contributed by atoms with Gasteiger partial charge in [0.1, 0.15) is 11.8 Å². The molecule has 0 aliphatic carbocycles. The fourth-order valence-electron chi connectivity index (χ4n) is 2.16. The van der Waals surface area contributed by atoms with Gasteiger partial charge in [-0.15, -0.1) is 0 Å². The standard InChI is InChI=1S/C15H18N4O3/c1-9(17-14(20)11-7-16-8-11)15-18-13(19-22-15)10-4-3-5-12(6-10)21-2/h3-6,9,11,16H,7-8H2,1-2H3,(H,17,20). The van der Waals surface area contributed by atoms with Crippen LogP contribution in [0.4, 0.5) is 0 Å². The Bertz CT molecular complexity index is 666. The number of hydrogen-bond acceptors (Lipinski definition) is 6. The normalized spacial score (nSPS) is 15.9. The molecule has 7 heteroatoms. The zero-order chi connectivity index (χ0) is 15.5. The number of rotatable bonds is 5. The Morgan fingerprint density at radius 2 is 2.32 bits per heavy atom. The van der Waals surface area contributed by atoms with E-state index in [1.165, 1.54) is 0 Å². The molecule has 1 aliphatic heterocycles. The Kier molecular flexibility index (Phi) is 4.06. The van der Waals surface area contributed by atoms with E-state index in [0.29, 0.717) is 11.7 Å². The molecule has 0 spiro atoms. The molecule has 1 atom stereocenters. The van der Waals surface area contributed by atoms with E-state index >= 15 is 0 Å². The van der Waals surface area contributed by atoms with Crippen molar-refractivity contribution in [3.8, 4) is 17.1 Å². The fourth-order valence-corrected chi connectivity index (χ4v) is 2.16. The van der Waals surface area contributed by atoms with Crippen molar-refractivity contribution in [2.75, 3.05) is 20.2 Å². The predicted octanol–water partition coefficient (Wildman–Crippen LogP) is 1.14. The molecule has 0 bridgehead atoms. The molecule has 1 aliphatic rings. The number of amides is 1. The maximum Gasteiger partial charge on any atom is 0.249 e. The van der Waals surface area contributed by atoms with Crippen molar-refractivity contribution in [1.29, 1.82) is 0 Å². The molecule has 116 valence electrons. The van der Waals surface area contributed by atoms with Crippen molar-refractivity contribution < 1.29 is 14.1 Å². The van der Waals surface area contributed by atoms with Crippen molar-refractivity contribution in [2.24, 2.45) is 5.92 Å². The maximum atomic E-state index is 11.9. The summed E-state index contributed by atoms with van der Waals surface area (Å²) in [6.07, 6.45) is 0. The van der Waals surface area contributed by atoms with Gasteiger partial charge in [0, 0.05) is 18.7 Å². The lowest BCUT2D eigenvalue weighted by atomic mass is 10.0. The van der Waals surface area contributed by atoms with Gasteiger partial charge in [-0.2, -0.15) is 4.98 Å². The first-order valence-electron chi connectivity index (χ1n) is 7.16. The second kappa shape index (κ2) is 6.15. The smallest absolute Gasteiger partial charge is 0.249 e. The topological polar surface area (TPSA) is 89.3 Å². The Morgan fingerprint density at radius 3 is 3.00 bits per heavy atom. The molecule has 1 saturated heterocycles. The number of aromatic nitrogens is 2. The molecular formula is C15H18N4O3. The van der Waals surface area contributed by atoms with E-state index in [2.05, 4.69) is 20.8 Å². The zero-order valence-corrected chi connectivity index (χ0v) is 12.5. The number of nitrogens with zero attached hydrogens (tertiary/aromatic N) is 2. The summed E-state index contributed by atoms with van der Waals surface area (Å²) < 4.78 is 10.4. The third-order valence-corrected chi connectivity index (χ3v) is 3.65. The fraction of sp³-hybridized carbons (Fsp3) is 0.400. The van der Waals surface area contributed by atoms with E-state index in [-0.39, 0.29) is 17.9 Å². The van der Waals surface area contributed by atoms with Crippen LogP contribution in [0.1, 0.15) is 18.9 Å². The molecule has 0 radical (unpaired) electrons. The van der Waals surface area contributed by atoms with Crippen LogP contribution < -0.4 is 15.4 Å². The van der Waals surface area contributed by atoms with E-state index < -0.39 is 0 Å². The molecule has 1 aromatic heterocycles. The summed E-state index contributed by atoms with van der Waals surface area (Å²) in [7, 11) is 1.60. The molecule has 3 rings (SSSR count). The van der Waals surface area contributed by atoms with Crippen molar-refractivity contribution in [2.45, 2.75) is 13.0 Å². The average Bonchev–Trinajstić information content (AvgIpc) is 2.95. The van der Waals surface area contributed by atoms with E-state index in [9.17, 15) is 4.79 Å². The van der Waals surface area contributed by atoms with Crippen molar-refractivity contribution in [1.82, 2.24) is 20.8 Å². The molecule has 7 nitrogen and oxygen atoms in total. The van der Waals surface area contributed by atoms with Gasteiger partial charge in [-0.3, -0.25) is 4.79 Å². The van der Waals surface area contributed by atoms with Crippen LogP contribution in [0.3, 0.4) is 0 Å². The summed E-state index contributed by atoms with van der Waals surface area (Å²) in [6.45, 7) is 3.27. The molecule has 1 aromatic carbocycles. The second-order valence-corrected chi connectivity index (χ2v) is 5.27. The highest BCUT2D eigenvalue weighted by molar-refractivity contribution is 5.80. The van der Waals surface area contributed by atoms with E-state index in [1.807, 2.05) is 31.2 Å². The lowest BCUT2D eigenvalue weighted by molar-refractivity contribution is -0.127. The number of benzene rings is 1. The van der Waals surface area contributed by atoms with Crippen LogP contribution in [0.2, 0.25) is 0 Å². The third-order valence-electron chi connectivity index (χ3n) is 3.65. The zero-order valence-electron chi connectivity index (χ0n) is 12.5. The van der Waals surface area contributed by atoms with Gasteiger partial charge >= 0.3 is 0 Å². The average molecular weight is 302 g/mol. The van der Waals surface area contributed by atoms with Crippen LogP contribution >= 0.6 is 0 Å². The van der Waals surface area contributed by atoms with Crippen LogP contribution in [0, 0.1) is 5.92 Å². The maximum absolute atomic E-state index is 11.9. The molecule has 1 amide bonds. The van der Waals surface area contributed by atoms with Crippen molar-refractivity contribution in [3.63, 3.8) is 0 Å². The SMILES string of the molecule is COc1cccc(-c2noc(C(C)NC(=O)C3CNC3)n2)c1. The summed E-state index contributed by atoms with van der Waals surface area (Å²) in [4.78, 5) is 16.3. The minimum Gasteiger partial charge on any atom is -0.497 e. The monoisotopic (exact) mass is 302 g/mol. The van der Waals surface area contributed by atoms with Crippen molar-refractivity contribution >= 4 is 5.91 Å². The number of nitrogens with one attached hydrogen (secondary N) is 2. The number of methoxy groups -OCH3 is 1. The minimum atomic E-state index is -0.319. The van der Waals surface area contributed by atoms with Crippen LogP contribution in [0.15, 0.2) is 28.8 Å². The van der Waals surface area contributed by atoms with Gasteiger partial charge in [0.25, 0.3) is 0 Å². The molecule has 2 N–H and O–H groups in total. The van der Waals surface area contributed by atoms with Gasteiger partial charge in [-0.05, 0) is 19.1 Å². The number of ether oxygens (including phenoxy) is 1. The Balaban J connectivity index is 1.70. The van der Waals surface area contributed by atoms with E-state index in [0.717, 1.165) is 24.4 Å². The first-order valence-corrected chi connectivity index (χ1v) is 7.16. The molecule has 1 unspecified atom stereocenters. The number of hydrogen-bond donors (Lipinski definition) is 2. The summed E-state index contributed by atoms with van der Waals surface area (Å²) in [5.41, 5.74) is 0.802. The quantitative estimate of drug-likeness (QED) is 0.861. The summed E-state index contributed by atoms with van der Waals surface area (Å²) in [5, 5.41) is 9.92. The van der Waals surface area contributed by atoms with Crippen molar-refractivity contribution in [3.05, 3.63) is 30.2 Å². The molecule has 1 fully saturated rings. The summed E-state index contributed by atoms with van der Waals surface area (Å²) in [6, 6.07) is 7.09. The highest BCUT2D eigenvalue weighted by Gasteiger charge is 2.27. The Morgan fingerprint density at radius 1 is 1.50 bits per heavy atom. The highest BCUT2D eigenvalue weighted by atomic mass is 16.5. The number of carbonyl (C=O) groups excluding carboxylic acids is 1. The second-order valence-electron chi connectivity index (χ2n) is 5.27. The van der Waals surface area contributed by atoms with E-state index in [1.54, 1.807) is 7.11 Å². The van der Waals surface area contributed by atoms with E-state index in [4.69, 9.17) is 9.26 Å². The summed E-state index contributed by atoms with van der Waals surface area (Å²) in [5.74, 6) is 1.62. The van der Waals surface area contributed by atoms with Gasteiger partial charge in [0.15, 0.2) is 0 Å². The molecule has 22 heavy (non-hydrogen) atoms.